The summed E-state index contributed by atoms with van der Waals surface area (Å²) >= 11 is 0. The number of likely N-dealkylation sites (tertiary alicyclic amines) is 1. The van der Waals surface area contributed by atoms with Crippen LogP contribution in [-0.4, -0.2) is 46.7 Å². The number of rotatable bonds is 4. The Hall–Kier alpha value is -0.610. The average Bonchev–Trinajstić information content (AvgIpc) is 3.14. The van der Waals surface area contributed by atoms with E-state index < -0.39 is 0 Å². The van der Waals surface area contributed by atoms with Crippen LogP contribution in [0.4, 0.5) is 0 Å². The standard InChI is InChI=1S/C12H20N2O2/c15-8-12(5-6-12)14-7-1-2-10(11(14)16)13-9-3-4-9/h9-10,13,15H,1-8H2. The molecule has 1 amide bonds. The van der Waals surface area contributed by atoms with Crippen LogP contribution in [0.1, 0.15) is 38.5 Å². The highest BCUT2D eigenvalue weighted by atomic mass is 16.3. The van der Waals surface area contributed by atoms with Crippen molar-refractivity contribution in [3.05, 3.63) is 0 Å². The Morgan fingerprint density at radius 2 is 2.12 bits per heavy atom. The van der Waals surface area contributed by atoms with Crippen molar-refractivity contribution >= 4 is 5.91 Å². The molecule has 0 spiro atoms. The molecule has 3 aliphatic rings. The summed E-state index contributed by atoms with van der Waals surface area (Å²) in [6.07, 6.45) is 6.42. The SMILES string of the molecule is O=C1C(NC2CC2)CCCN1C1(CO)CC1. The largest absolute Gasteiger partial charge is 0.394 e. The van der Waals surface area contributed by atoms with Gasteiger partial charge in [0.2, 0.25) is 5.91 Å². The summed E-state index contributed by atoms with van der Waals surface area (Å²) < 4.78 is 0. The van der Waals surface area contributed by atoms with E-state index in [1.807, 2.05) is 4.90 Å². The number of carbonyl (C=O) groups is 1. The molecule has 0 aromatic rings. The number of amides is 1. The van der Waals surface area contributed by atoms with Gasteiger partial charge in [-0.25, -0.2) is 0 Å². The Balaban J connectivity index is 1.67. The molecule has 2 aliphatic carbocycles. The van der Waals surface area contributed by atoms with Gasteiger partial charge in [-0.05, 0) is 38.5 Å². The van der Waals surface area contributed by atoms with Crippen LogP contribution in [0.3, 0.4) is 0 Å². The van der Waals surface area contributed by atoms with Gasteiger partial charge < -0.3 is 15.3 Å². The van der Waals surface area contributed by atoms with Gasteiger partial charge in [0.05, 0.1) is 18.2 Å². The number of aliphatic hydroxyl groups excluding tert-OH is 1. The maximum absolute atomic E-state index is 12.3. The van der Waals surface area contributed by atoms with Crippen LogP contribution in [0.5, 0.6) is 0 Å². The number of nitrogens with one attached hydrogen (secondary N) is 1. The zero-order chi connectivity index (χ0) is 11.2. The van der Waals surface area contributed by atoms with E-state index in [0.29, 0.717) is 6.04 Å². The molecule has 1 aliphatic heterocycles. The molecule has 2 N–H and O–H groups in total. The highest BCUT2D eigenvalue weighted by Crippen LogP contribution is 2.43. The molecule has 1 saturated heterocycles. The summed E-state index contributed by atoms with van der Waals surface area (Å²) in [6, 6.07) is 0.600. The molecule has 1 unspecified atom stereocenters. The molecular weight excluding hydrogens is 204 g/mol. The third-order valence-corrected chi connectivity index (χ3v) is 4.15. The van der Waals surface area contributed by atoms with Gasteiger partial charge in [-0.15, -0.1) is 0 Å². The maximum atomic E-state index is 12.3. The molecule has 0 aromatic carbocycles. The molecule has 4 nitrogen and oxygen atoms in total. The summed E-state index contributed by atoms with van der Waals surface area (Å²) in [6.45, 7) is 0.969. The Morgan fingerprint density at radius 1 is 1.38 bits per heavy atom. The molecule has 3 fully saturated rings. The van der Waals surface area contributed by atoms with Gasteiger partial charge in [0.25, 0.3) is 0 Å². The number of carbonyl (C=O) groups excluding carboxylic acids is 1. The Morgan fingerprint density at radius 3 is 2.69 bits per heavy atom. The van der Waals surface area contributed by atoms with Crippen LogP contribution in [-0.2, 0) is 4.79 Å². The van der Waals surface area contributed by atoms with Crippen molar-refractivity contribution in [2.45, 2.75) is 56.1 Å². The monoisotopic (exact) mass is 224 g/mol. The number of piperidine rings is 1. The van der Waals surface area contributed by atoms with Crippen molar-refractivity contribution in [1.82, 2.24) is 10.2 Å². The number of hydrogen-bond donors (Lipinski definition) is 2. The molecule has 16 heavy (non-hydrogen) atoms. The Kier molecular flexibility index (Phi) is 2.44. The number of hydrogen-bond acceptors (Lipinski definition) is 3. The lowest BCUT2D eigenvalue weighted by atomic mass is 10.0. The second-order valence-electron chi connectivity index (χ2n) is 5.51. The second kappa shape index (κ2) is 3.70. The van der Waals surface area contributed by atoms with E-state index in [0.717, 1.165) is 32.2 Å². The minimum Gasteiger partial charge on any atom is -0.394 e. The minimum atomic E-state index is -0.180. The lowest BCUT2D eigenvalue weighted by molar-refractivity contribution is -0.140. The van der Waals surface area contributed by atoms with Crippen molar-refractivity contribution in [1.29, 1.82) is 0 Å². The lowest BCUT2D eigenvalue weighted by Gasteiger charge is -2.38. The summed E-state index contributed by atoms with van der Waals surface area (Å²) in [5.74, 6) is 0.227. The summed E-state index contributed by atoms with van der Waals surface area (Å²) in [5, 5.41) is 12.8. The first-order valence-electron chi connectivity index (χ1n) is 6.44. The van der Waals surface area contributed by atoms with Gasteiger partial charge in [0.15, 0.2) is 0 Å². The Labute approximate surface area is 96.0 Å². The molecule has 90 valence electrons. The predicted octanol–water partition coefficient (Wildman–Crippen LogP) is 0.254. The van der Waals surface area contributed by atoms with E-state index in [1.54, 1.807) is 0 Å². The van der Waals surface area contributed by atoms with Crippen molar-refractivity contribution in [3.63, 3.8) is 0 Å². The fourth-order valence-electron chi connectivity index (χ4n) is 2.69. The van der Waals surface area contributed by atoms with Crippen molar-refractivity contribution in [3.8, 4) is 0 Å². The summed E-state index contributed by atoms with van der Waals surface area (Å²) in [7, 11) is 0. The van der Waals surface area contributed by atoms with Crippen molar-refractivity contribution in [2.24, 2.45) is 0 Å². The van der Waals surface area contributed by atoms with Crippen LogP contribution in [0.2, 0.25) is 0 Å². The summed E-state index contributed by atoms with van der Waals surface area (Å²) in [5.41, 5.74) is -0.180. The first kappa shape index (κ1) is 10.5. The van der Waals surface area contributed by atoms with E-state index in [2.05, 4.69) is 5.32 Å². The highest BCUT2D eigenvalue weighted by molar-refractivity contribution is 5.84. The van der Waals surface area contributed by atoms with Crippen LogP contribution in [0, 0.1) is 0 Å². The van der Waals surface area contributed by atoms with E-state index in [9.17, 15) is 9.90 Å². The zero-order valence-corrected chi connectivity index (χ0v) is 9.61. The van der Waals surface area contributed by atoms with Crippen LogP contribution >= 0.6 is 0 Å². The fourth-order valence-corrected chi connectivity index (χ4v) is 2.69. The first-order chi connectivity index (χ1) is 7.75. The third-order valence-electron chi connectivity index (χ3n) is 4.15. The van der Waals surface area contributed by atoms with E-state index in [4.69, 9.17) is 0 Å². The van der Waals surface area contributed by atoms with Crippen LogP contribution in [0.15, 0.2) is 0 Å². The molecule has 4 heteroatoms. The zero-order valence-electron chi connectivity index (χ0n) is 9.61. The maximum Gasteiger partial charge on any atom is 0.240 e. The fraction of sp³-hybridized carbons (Fsp3) is 0.917. The number of nitrogens with zero attached hydrogens (tertiary/aromatic N) is 1. The van der Waals surface area contributed by atoms with Gasteiger partial charge in [-0.2, -0.15) is 0 Å². The van der Waals surface area contributed by atoms with Crippen LogP contribution < -0.4 is 5.32 Å². The van der Waals surface area contributed by atoms with E-state index in [-0.39, 0.29) is 24.1 Å². The predicted molar refractivity (Wildman–Crippen MR) is 59.9 cm³/mol. The average molecular weight is 224 g/mol. The molecule has 0 aromatic heterocycles. The van der Waals surface area contributed by atoms with Gasteiger partial charge in [0.1, 0.15) is 0 Å². The minimum absolute atomic E-state index is 0.0188. The normalized spacial score (nSPS) is 32.9. The number of aliphatic hydroxyl groups is 1. The first-order valence-corrected chi connectivity index (χ1v) is 6.44. The molecular formula is C12H20N2O2. The molecule has 3 rings (SSSR count). The molecule has 0 bridgehead atoms. The molecule has 1 heterocycles. The molecule has 0 radical (unpaired) electrons. The quantitative estimate of drug-likeness (QED) is 0.720. The third kappa shape index (κ3) is 1.74. The highest BCUT2D eigenvalue weighted by Gasteiger charge is 2.51. The second-order valence-corrected chi connectivity index (χ2v) is 5.51. The lowest BCUT2D eigenvalue weighted by Crippen LogP contribution is -2.56. The molecule has 2 saturated carbocycles. The Bertz CT molecular complexity index is 297. The van der Waals surface area contributed by atoms with Gasteiger partial charge >= 0.3 is 0 Å². The molecule has 1 atom stereocenters. The van der Waals surface area contributed by atoms with Crippen molar-refractivity contribution in [2.75, 3.05) is 13.2 Å². The topological polar surface area (TPSA) is 52.6 Å². The smallest absolute Gasteiger partial charge is 0.240 e. The van der Waals surface area contributed by atoms with Gasteiger partial charge in [-0.1, -0.05) is 0 Å². The van der Waals surface area contributed by atoms with E-state index in [1.165, 1.54) is 12.8 Å². The van der Waals surface area contributed by atoms with Crippen molar-refractivity contribution < 1.29 is 9.90 Å². The van der Waals surface area contributed by atoms with Gasteiger partial charge in [-0.3, -0.25) is 4.79 Å². The van der Waals surface area contributed by atoms with Gasteiger partial charge in [0, 0.05) is 12.6 Å². The van der Waals surface area contributed by atoms with Crippen LogP contribution in [0.25, 0.3) is 0 Å². The summed E-state index contributed by atoms with van der Waals surface area (Å²) in [4.78, 5) is 14.2. The van der Waals surface area contributed by atoms with E-state index >= 15 is 0 Å².